The van der Waals surface area contributed by atoms with Crippen molar-refractivity contribution in [2.24, 2.45) is 0 Å². The number of hydrogen-bond acceptors (Lipinski definition) is 2. The Hall–Kier alpha value is -3.14. The molecular weight excluding hydrogens is 278 g/mol. The number of aromatic carboxylic acids is 1. The van der Waals surface area contributed by atoms with E-state index in [0.29, 0.717) is 10.9 Å². The monoisotopic (exact) mass is 291 g/mol. The topological polar surface area (TPSA) is 70.2 Å². The molecule has 3 rings (SSSR count). The zero-order valence-corrected chi connectivity index (χ0v) is 11.6. The van der Waals surface area contributed by atoms with E-state index in [4.69, 9.17) is 0 Å². The number of rotatable bonds is 4. The second-order valence-corrected chi connectivity index (χ2v) is 4.83. The van der Waals surface area contributed by atoms with Crippen molar-refractivity contribution in [3.8, 4) is 0 Å². The highest BCUT2D eigenvalue weighted by Gasteiger charge is 2.20. The van der Waals surface area contributed by atoms with E-state index in [9.17, 15) is 14.7 Å². The maximum Gasteiger partial charge on any atom is 0.338 e. The van der Waals surface area contributed by atoms with Gasteiger partial charge in [-0.1, -0.05) is 54.6 Å². The van der Waals surface area contributed by atoms with Crippen molar-refractivity contribution >= 4 is 28.7 Å². The normalized spacial score (nSPS) is 11.1. The summed E-state index contributed by atoms with van der Waals surface area (Å²) in [5.74, 6) is -1.48. The highest BCUT2D eigenvalue weighted by Crippen LogP contribution is 2.23. The van der Waals surface area contributed by atoms with Crippen LogP contribution in [0, 0.1) is 0 Å². The Morgan fingerprint density at radius 2 is 1.64 bits per heavy atom. The third-order valence-corrected chi connectivity index (χ3v) is 3.39. The van der Waals surface area contributed by atoms with Gasteiger partial charge in [0.15, 0.2) is 0 Å². The van der Waals surface area contributed by atoms with Gasteiger partial charge in [0.1, 0.15) is 5.69 Å². The van der Waals surface area contributed by atoms with Gasteiger partial charge >= 0.3 is 5.97 Å². The van der Waals surface area contributed by atoms with Gasteiger partial charge < -0.3 is 10.1 Å². The van der Waals surface area contributed by atoms with E-state index >= 15 is 0 Å². The SMILES string of the molecule is O=C(C=Cc1ccccc1)c1[nH]c2ccccc2c1C(=O)O. The zero-order valence-electron chi connectivity index (χ0n) is 11.6. The Labute approximate surface area is 126 Å². The highest BCUT2D eigenvalue weighted by molar-refractivity contribution is 6.17. The van der Waals surface area contributed by atoms with Gasteiger partial charge in [-0.3, -0.25) is 4.79 Å². The maximum atomic E-state index is 12.3. The maximum absolute atomic E-state index is 12.3. The molecule has 0 atom stereocenters. The summed E-state index contributed by atoms with van der Waals surface area (Å²) >= 11 is 0. The first kappa shape index (κ1) is 13.8. The minimum Gasteiger partial charge on any atom is -0.478 e. The second-order valence-electron chi connectivity index (χ2n) is 4.83. The standard InChI is InChI=1S/C18H13NO3/c20-15(11-10-12-6-2-1-3-7-12)17-16(18(21)22)13-8-4-5-9-14(13)19-17/h1-11,19H,(H,21,22). The first-order chi connectivity index (χ1) is 10.7. The number of carboxylic acid groups (broad SMARTS) is 1. The van der Waals surface area contributed by atoms with Crippen LogP contribution in [0.2, 0.25) is 0 Å². The van der Waals surface area contributed by atoms with Crippen LogP contribution in [0.5, 0.6) is 0 Å². The van der Waals surface area contributed by atoms with Gasteiger partial charge in [0.05, 0.1) is 5.56 Å². The molecule has 1 heterocycles. The van der Waals surface area contributed by atoms with Crippen molar-refractivity contribution in [2.45, 2.75) is 0 Å². The Bertz CT molecular complexity index is 876. The number of aromatic nitrogens is 1. The van der Waals surface area contributed by atoms with Crippen LogP contribution >= 0.6 is 0 Å². The van der Waals surface area contributed by atoms with Crippen LogP contribution in [0.25, 0.3) is 17.0 Å². The number of carboxylic acids is 1. The predicted molar refractivity (Wildman–Crippen MR) is 85.1 cm³/mol. The molecule has 2 N–H and O–H groups in total. The summed E-state index contributed by atoms with van der Waals surface area (Å²) in [6.07, 6.45) is 3.05. The summed E-state index contributed by atoms with van der Waals surface area (Å²) in [4.78, 5) is 26.7. The number of benzene rings is 2. The summed E-state index contributed by atoms with van der Waals surface area (Å²) in [5.41, 5.74) is 1.62. The molecule has 108 valence electrons. The van der Waals surface area contributed by atoms with Gasteiger partial charge in [0.25, 0.3) is 0 Å². The van der Waals surface area contributed by atoms with E-state index in [1.54, 1.807) is 30.3 Å². The molecule has 0 aliphatic rings. The molecule has 4 nitrogen and oxygen atoms in total. The molecule has 2 aromatic carbocycles. The minimum absolute atomic E-state index is 0.0123. The molecule has 0 aliphatic carbocycles. The Morgan fingerprint density at radius 1 is 0.955 bits per heavy atom. The molecular formula is C18H13NO3. The minimum atomic E-state index is -1.12. The Balaban J connectivity index is 2.02. The average molecular weight is 291 g/mol. The molecule has 0 spiro atoms. The first-order valence-electron chi connectivity index (χ1n) is 6.78. The summed E-state index contributed by atoms with van der Waals surface area (Å²) in [5, 5.41) is 9.92. The number of ketones is 1. The van der Waals surface area contributed by atoms with Crippen LogP contribution in [0.4, 0.5) is 0 Å². The quantitative estimate of drug-likeness (QED) is 0.568. The average Bonchev–Trinajstić information content (AvgIpc) is 2.93. The molecule has 0 saturated carbocycles. The highest BCUT2D eigenvalue weighted by atomic mass is 16.4. The Kier molecular flexibility index (Phi) is 3.58. The number of carbonyl (C=O) groups excluding carboxylic acids is 1. The zero-order chi connectivity index (χ0) is 15.5. The number of carbonyl (C=O) groups is 2. The lowest BCUT2D eigenvalue weighted by molar-refractivity contribution is 0.0695. The number of fused-ring (bicyclic) bond motifs is 1. The molecule has 4 heteroatoms. The van der Waals surface area contributed by atoms with Crippen LogP contribution in [-0.2, 0) is 0 Å². The lowest BCUT2D eigenvalue weighted by Crippen LogP contribution is -2.05. The van der Waals surface area contributed by atoms with Crippen LogP contribution in [-0.4, -0.2) is 21.8 Å². The van der Waals surface area contributed by atoms with E-state index < -0.39 is 5.97 Å². The molecule has 0 unspecified atom stereocenters. The lowest BCUT2D eigenvalue weighted by atomic mass is 10.1. The Morgan fingerprint density at radius 3 is 2.36 bits per heavy atom. The van der Waals surface area contributed by atoms with E-state index in [-0.39, 0.29) is 17.0 Å². The van der Waals surface area contributed by atoms with Crippen LogP contribution in [0.3, 0.4) is 0 Å². The first-order valence-corrected chi connectivity index (χ1v) is 6.78. The molecule has 0 amide bonds. The number of nitrogens with one attached hydrogen (secondary N) is 1. The van der Waals surface area contributed by atoms with E-state index in [0.717, 1.165) is 5.56 Å². The fourth-order valence-electron chi connectivity index (χ4n) is 2.37. The smallest absolute Gasteiger partial charge is 0.338 e. The lowest BCUT2D eigenvalue weighted by Gasteiger charge is -1.96. The van der Waals surface area contributed by atoms with Gasteiger partial charge in [0, 0.05) is 10.9 Å². The number of allylic oxidation sites excluding steroid dienone is 1. The van der Waals surface area contributed by atoms with Crippen molar-refractivity contribution in [2.75, 3.05) is 0 Å². The van der Waals surface area contributed by atoms with Crippen molar-refractivity contribution in [1.82, 2.24) is 4.98 Å². The van der Waals surface area contributed by atoms with Crippen LogP contribution in [0.1, 0.15) is 26.4 Å². The summed E-state index contributed by atoms with van der Waals surface area (Å²) in [6.45, 7) is 0. The predicted octanol–water partition coefficient (Wildman–Crippen LogP) is 3.76. The van der Waals surface area contributed by atoms with E-state index in [1.165, 1.54) is 6.08 Å². The number of H-pyrrole nitrogens is 1. The second kappa shape index (κ2) is 5.69. The fraction of sp³-hybridized carbons (Fsp3) is 0. The molecule has 1 aromatic heterocycles. The third kappa shape index (κ3) is 2.54. The van der Waals surface area contributed by atoms with Gasteiger partial charge in [-0.05, 0) is 17.7 Å². The fourth-order valence-corrected chi connectivity index (χ4v) is 2.37. The summed E-state index contributed by atoms with van der Waals surface area (Å²) in [6, 6.07) is 16.3. The van der Waals surface area contributed by atoms with Gasteiger partial charge in [-0.25, -0.2) is 4.79 Å². The van der Waals surface area contributed by atoms with Crippen molar-refractivity contribution in [3.05, 3.63) is 77.5 Å². The van der Waals surface area contributed by atoms with Crippen LogP contribution in [0.15, 0.2) is 60.7 Å². The van der Waals surface area contributed by atoms with Crippen molar-refractivity contribution < 1.29 is 14.7 Å². The number of aromatic amines is 1. The molecule has 0 radical (unpaired) electrons. The van der Waals surface area contributed by atoms with Crippen LogP contribution < -0.4 is 0 Å². The molecule has 0 aliphatic heterocycles. The summed E-state index contributed by atoms with van der Waals surface area (Å²) < 4.78 is 0. The van der Waals surface area contributed by atoms with Crippen molar-refractivity contribution in [3.63, 3.8) is 0 Å². The molecule has 22 heavy (non-hydrogen) atoms. The van der Waals surface area contributed by atoms with E-state index in [1.807, 2.05) is 30.3 Å². The summed E-state index contributed by atoms with van der Waals surface area (Å²) in [7, 11) is 0. The van der Waals surface area contributed by atoms with Gasteiger partial charge in [-0.2, -0.15) is 0 Å². The largest absolute Gasteiger partial charge is 0.478 e. The molecule has 3 aromatic rings. The molecule has 0 fully saturated rings. The van der Waals surface area contributed by atoms with E-state index in [2.05, 4.69) is 4.98 Å². The number of hydrogen-bond donors (Lipinski definition) is 2. The molecule has 0 bridgehead atoms. The third-order valence-electron chi connectivity index (χ3n) is 3.39. The number of para-hydroxylation sites is 1. The van der Waals surface area contributed by atoms with Gasteiger partial charge in [-0.15, -0.1) is 0 Å². The van der Waals surface area contributed by atoms with Crippen molar-refractivity contribution in [1.29, 1.82) is 0 Å². The van der Waals surface area contributed by atoms with Gasteiger partial charge in [0.2, 0.25) is 5.78 Å². The molecule has 0 saturated heterocycles.